The maximum Gasteiger partial charge on any atom is 0.257 e. The van der Waals surface area contributed by atoms with Gasteiger partial charge in [0.2, 0.25) is 0 Å². The molecule has 1 aromatic rings. The van der Waals surface area contributed by atoms with Crippen LogP contribution >= 0.6 is 0 Å². The summed E-state index contributed by atoms with van der Waals surface area (Å²) in [5, 5.41) is 2.97. The van der Waals surface area contributed by atoms with Gasteiger partial charge in [-0.1, -0.05) is 12.5 Å². The zero-order chi connectivity index (χ0) is 15.9. The molecule has 1 aliphatic rings. The summed E-state index contributed by atoms with van der Waals surface area (Å²) in [7, 11) is 0. The third-order valence-electron chi connectivity index (χ3n) is 4.46. The summed E-state index contributed by atoms with van der Waals surface area (Å²) in [6, 6.07) is 6.29. The first-order valence-corrected chi connectivity index (χ1v) is 8.27. The molecule has 0 aliphatic carbocycles. The molecule has 1 fully saturated rings. The maximum atomic E-state index is 11.9. The van der Waals surface area contributed by atoms with Gasteiger partial charge in [0.25, 0.3) is 5.91 Å². The van der Waals surface area contributed by atoms with Crippen molar-refractivity contribution in [3.05, 3.63) is 29.3 Å². The summed E-state index contributed by atoms with van der Waals surface area (Å²) in [4.78, 5) is 14.4. The normalized spacial score (nSPS) is 17.0. The van der Waals surface area contributed by atoms with E-state index in [0.29, 0.717) is 12.6 Å². The molecule has 122 valence electrons. The Morgan fingerprint density at radius 3 is 2.64 bits per heavy atom. The number of aryl methyl sites for hydroxylation is 2. The van der Waals surface area contributed by atoms with Crippen molar-refractivity contribution < 1.29 is 9.53 Å². The van der Waals surface area contributed by atoms with E-state index >= 15 is 0 Å². The summed E-state index contributed by atoms with van der Waals surface area (Å²) in [5.41, 5.74) is 2.41. The SMILES string of the molecule is Cc1ccc(OCC(=O)NCC(C)N2CCCCC2)cc1C. The minimum atomic E-state index is -0.0536. The van der Waals surface area contributed by atoms with Crippen LogP contribution in [0.1, 0.15) is 37.3 Å². The van der Waals surface area contributed by atoms with Gasteiger partial charge in [0.15, 0.2) is 6.61 Å². The molecule has 0 spiro atoms. The Labute approximate surface area is 133 Å². The molecule has 0 aromatic heterocycles. The lowest BCUT2D eigenvalue weighted by molar-refractivity contribution is -0.123. The number of rotatable bonds is 6. The predicted molar refractivity (Wildman–Crippen MR) is 89.3 cm³/mol. The Morgan fingerprint density at radius 1 is 1.23 bits per heavy atom. The number of amides is 1. The summed E-state index contributed by atoms with van der Waals surface area (Å²) < 4.78 is 5.56. The molecule has 1 aromatic carbocycles. The molecule has 2 rings (SSSR count). The zero-order valence-electron chi connectivity index (χ0n) is 14.0. The highest BCUT2D eigenvalue weighted by atomic mass is 16.5. The Morgan fingerprint density at radius 2 is 1.95 bits per heavy atom. The second-order valence-corrected chi connectivity index (χ2v) is 6.28. The highest BCUT2D eigenvalue weighted by molar-refractivity contribution is 5.77. The number of likely N-dealkylation sites (tertiary alicyclic amines) is 1. The van der Waals surface area contributed by atoms with E-state index in [1.165, 1.54) is 30.4 Å². The number of piperidine rings is 1. The largest absolute Gasteiger partial charge is 0.484 e. The molecule has 1 unspecified atom stereocenters. The van der Waals surface area contributed by atoms with Gasteiger partial charge in [-0.25, -0.2) is 0 Å². The minimum absolute atomic E-state index is 0.0536. The van der Waals surface area contributed by atoms with Crippen LogP contribution in [0.5, 0.6) is 5.75 Å². The van der Waals surface area contributed by atoms with E-state index in [-0.39, 0.29) is 12.5 Å². The number of hydrogen-bond acceptors (Lipinski definition) is 3. The topological polar surface area (TPSA) is 41.6 Å². The fraction of sp³-hybridized carbons (Fsp3) is 0.611. The van der Waals surface area contributed by atoms with Crippen molar-refractivity contribution in [1.29, 1.82) is 0 Å². The summed E-state index contributed by atoms with van der Waals surface area (Å²) in [5.74, 6) is 0.699. The average Bonchev–Trinajstić information content (AvgIpc) is 2.54. The van der Waals surface area contributed by atoms with E-state index in [0.717, 1.165) is 18.8 Å². The first-order valence-electron chi connectivity index (χ1n) is 8.27. The van der Waals surface area contributed by atoms with Gasteiger partial charge in [-0.3, -0.25) is 9.69 Å². The highest BCUT2D eigenvalue weighted by Gasteiger charge is 2.17. The van der Waals surface area contributed by atoms with Crippen LogP contribution in [0.3, 0.4) is 0 Å². The van der Waals surface area contributed by atoms with Gasteiger partial charge < -0.3 is 10.1 Å². The Bertz CT molecular complexity index is 496. The minimum Gasteiger partial charge on any atom is -0.484 e. The standard InChI is InChI=1S/C18H28N2O2/c1-14-7-8-17(11-15(14)2)22-13-18(21)19-12-16(3)20-9-5-4-6-10-20/h7-8,11,16H,4-6,9-10,12-13H2,1-3H3,(H,19,21). The zero-order valence-corrected chi connectivity index (χ0v) is 14.0. The number of carbonyl (C=O) groups is 1. The molecular weight excluding hydrogens is 276 g/mol. The second-order valence-electron chi connectivity index (χ2n) is 6.28. The Balaban J connectivity index is 1.70. The van der Waals surface area contributed by atoms with Gasteiger partial charge in [-0.2, -0.15) is 0 Å². The van der Waals surface area contributed by atoms with E-state index in [2.05, 4.69) is 24.1 Å². The first kappa shape index (κ1) is 16.8. The molecule has 1 aliphatic heterocycles. The molecule has 4 heteroatoms. The van der Waals surface area contributed by atoms with Crippen LogP contribution in [0.2, 0.25) is 0 Å². The molecule has 0 radical (unpaired) electrons. The number of nitrogens with one attached hydrogen (secondary N) is 1. The van der Waals surface area contributed by atoms with Crippen molar-refractivity contribution in [3.63, 3.8) is 0 Å². The maximum absolute atomic E-state index is 11.9. The van der Waals surface area contributed by atoms with Crippen LogP contribution in [0.15, 0.2) is 18.2 Å². The van der Waals surface area contributed by atoms with Crippen molar-refractivity contribution in [3.8, 4) is 5.75 Å². The number of benzene rings is 1. The monoisotopic (exact) mass is 304 g/mol. The van der Waals surface area contributed by atoms with Crippen LogP contribution in [0, 0.1) is 13.8 Å². The Hall–Kier alpha value is -1.55. The van der Waals surface area contributed by atoms with Crippen molar-refractivity contribution in [2.24, 2.45) is 0 Å². The van der Waals surface area contributed by atoms with Gasteiger partial charge in [0, 0.05) is 12.6 Å². The van der Waals surface area contributed by atoms with Crippen LogP contribution in [0.25, 0.3) is 0 Å². The molecular formula is C18H28N2O2. The first-order chi connectivity index (χ1) is 10.6. The van der Waals surface area contributed by atoms with E-state index < -0.39 is 0 Å². The number of carbonyl (C=O) groups excluding carboxylic acids is 1. The summed E-state index contributed by atoms with van der Waals surface area (Å²) in [6.45, 7) is 9.35. The van der Waals surface area contributed by atoms with Gasteiger partial charge in [-0.05, 0) is 70.0 Å². The number of nitrogens with zero attached hydrogens (tertiary/aromatic N) is 1. The lowest BCUT2D eigenvalue weighted by Crippen LogP contribution is -2.45. The molecule has 1 heterocycles. The van der Waals surface area contributed by atoms with Crippen LogP contribution in [0.4, 0.5) is 0 Å². The van der Waals surface area contributed by atoms with Crippen molar-refractivity contribution in [2.45, 2.75) is 46.1 Å². The van der Waals surface area contributed by atoms with E-state index in [4.69, 9.17) is 4.74 Å². The van der Waals surface area contributed by atoms with Gasteiger partial charge in [0.05, 0.1) is 0 Å². The van der Waals surface area contributed by atoms with Crippen molar-refractivity contribution in [1.82, 2.24) is 10.2 Å². The lowest BCUT2D eigenvalue weighted by Gasteiger charge is -2.32. The van der Waals surface area contributed by atoms with Crippen LogP contribution in [-0.2, 0) is 4.79 Å². The van der Waals surface area contributed by atoms with Gasteiger partial charge in [-0.15, -0.1) is 0 Å². The summed E-state index contributed by atoms with van der Waals surface area (Å²) >= 11 is 0. The van der Waals surface area contributed by atoms with Crippen molar-refractivity contribution in [2.75, 3.05) is 26.2 Å². The van der Waals surface area contributed by atoms with Gasteiger partial charge >= 0.3 is 0 Å². The Kier molecular flexibility index (Phi) is 6.25. The predicted octanol–water partition coefficient (Wildman–Crippen LogP) is 2.67. The summed E-state index contributed by atoms with van der Waals surface area (Å²) in [6.07, 6.45) is 3.88. The van der Waals surface area contributed by atoms with Crippen LogP contribution in [-0.4, -0.2) is 43.1 Å². The molecule has 0 bridgehead atoms. The fourth-order valence-corrected chi connectivity index (χ4v) is 2.75. The van der Waals surface area contributed by atoms with Crippen molar-refractivity contribution >= 4 is 5.91 Å². The molecule has 4 nitrogen and oxygen atoms in total. The number of ether oxygens (including phenoxy) is 1. The third kappa shape index (κ3) is 5.02. The van der Waals surface area contributed by atoms with E-state index in [1.807, 2.05) is 25.1 Å². The molecule has 1 amide bonds. The smallest absolute Gasteiger partial charge is 0.257 e. The highest BCUT2D eigenvalue weighted by Crippen LogP contribution is 2.16. The molecule has 1 saturated heterocycles. The quantitative estimate of drug-likeness (QED) is 0.878. The van der Waals surface area contributed by atoms with E-state index in [1.54, 1.807) is 0 Å². The van der Waals surface area contributed by atoms with E-state index in [9.17, 15) is 4.79 Å². The average molecular weight is 304 g/mol. The fourth-order valence-electron chi connectivity index (χ4n) is 2.75. The van der Waals surface area contributed by atoms with Crippen LogP contribution < -0.4 is 10.1 Å². The van der Waals surface area contributed by atoms with Gasteiger partial charge in [0.1, 0.15) is 5.75 Å². The molecule has 22 heavy (non-hydrogen) atoms. The molecule has 1 N–H and O–H groups in total. The number of hydrogen-bond donors (Lipinski definition) is 1. The third-order valence-corrected chi connectivity index (χ3v) is 4.46. The lowest BCUT2D eigenvalue weighted by atomic mass is 10.1. The molecule has 0 saturated carbocycles. The molecule has 1 atom stereocenters. The second kappa shape index (κ2) is 8.18.